The Balaban J connectivity index is 1.57. The molecule has 3 aromatic carbocycles. The summed E-state index contributed by atoms with van der Waals surface area (Å²) in [5.41, 5.74) is 1.23. The number of halogens is 1. The van der Waals surface area contributed by atoms with Crippen LogP contribution in [0.4, 0.5) is 5.69 Å². The topological polar surface area (TPSA) is 80.8 Å². The highest BCUT2D eigenvalue weighted by atomic mass is 79.9. The highest BCUT2D eigenvalue weighted by Crippen LogP contribution is 2.58. The van der Waals surface area contributed by atoms with Crippen molar-refractivity contribution in [2.24, 2.45) is 11.8 Å². The maximum atomic E-state index is 14.0. The van der Waals surface area contributed by atoms with Gasteiger partial charge in [0.25, 0.3) is 0 Å². The van der Waals surface area contributed by atoms with Crippen LogP contribution < -0.4 is 4.90 Å². The number of rotatable bonds is 2. The first-order chi connectivity index (χ1) is 16.8. The Labute approximate surface area is 210 Å². The number of ether oxygens (including phenoxy) is 1. The van der Waals surface area contributed by atoms with E-state index < -0.39 is 46.9 Å². The Morgan fingerprint density at radius 1 is 0.829 bits per heavy atom. The molecule has 6 rings (SSSR count). The Morgan fingerprint density at radius 2 is 1.46 bits per heavy atom. The van der Waals surface area contributed by atoms with Crippen LogP contribution in [0.3, 0.4) is 0 Å². The van der Waals surface area contributed by atoms with Crippen molar-refractivity contribution < 1.29 is 23.9 Å². The van der Waals surface area contributed by atoms with Gasteiger partial charge in [0.15, 0.2) is 0 Å². The number of Topliss-reactive ketones (excluding diaryl/α,β-unsaturated/α-hetero) is 2. The average molecular weight is 530 g/mol. The summed E-state index contributed by atoms with van der Waals surface area (Å²) in [6, 6.07) is 19.2. The van der Waals surface area contributed by atoms with Gasteiger partial charge in [-0.15, -0.1) is 0 Å². The van der Waals surface area contributed by atoms with Crippen LogP contribution in [-0.2, 0) is 14.3 Å². The van der Waals surface area contributed by atoms with Crippen LogP contribution in [0, 0.1) is 25.7 Å². The van der Waals surface area contributed by atoms with Crippen molar-refractivity contribution in [3.63, 3.8) is 0 Å². The molecule has 0 radical (unpaired) electrons. The van der Waals surface area contributed by atoms with Crippen LogP contribution in [0.2, 0.25) is 0 Å². The molecule has 2 aliphatic heterocycles. The normalized spacial score (nSPS) is 24.4. The minimum Gasteiger partial charge on any atom is -0.349 e. The van der Waals surface area contributed by atoms with E-state index in [1.807, 2.05) is 50.2 Å². The van der Waals surface area contributed by atoms with Crippen molar-refractivity contribution in [1.29, 1.82) is 0 Å². The molecule has 2 heterocycles. The summed E-state index contributed by atoms with van der Waals surface area (Å²) in [5, 5.41) is 0. The molecule has 1 aliphatic carbocycles. The molecular formula is C28H20BrNO5. The molecule has 2 saturated heterocycles. The summed E-state index contributed by atoms with van der Waals surface area (Å²) in [5.74, 6) is -4.48. The van der Waals surface area contributed by atoms with Crippen LogP contribution in [-0.4, -0.2) is 29.0 Å². The van der Waals surface area contributed by atoms with E-state index in [4.69, 9.17) is 4.74 Å². The highest BCUT2D eigenvalue weighted by molar-refractivity contribution is 9.10. The van der Waals surface area contributed by atoms with Crippen LogP contribution in [0.25, 0.3) is 0 Å². The molecule has 0 aromatic heterocycles. The zero-order chi connectivity index (χ0) is 24.6. The number of anilines is 1. The molecule has 3 aromatic rings. The smallest absolute Gasteiger partial charge is 0.241 e. The van der Waals surface area contributed by atoms with Crippen LogP contribution >= 0.6 is 15.9 Å². The molecule has 6 nitrogen and oxygen atoms in total. The second kappa shape index (κ2) is 7.54. The van der Waals surface area contributed by atoms with Crippen LogP contribution in [0.5, 0.6) is 0 Å². The van der Waals surface area contributed by atoms with Crippen molar-refractivity contribution in [2.75, 3.05) is 4.90 Å². The number of fused-ring (bicyclic) bond motifs is 3. The van der Waals surface area contributed by atoms with Gasteiger partial charge in [0.05, 0.1) is 23.6 Å². The largest absolute Gasteiger partial charge is 0.349 e. The third kappa shape index (κ3) is 2.79. The monoisotopic (exact) mass is 529 g/mol. The van der Waals surface area contributed by atoms with E-state index in [1.165, 1.54) is 0 Å². The third-order valence-electron chi connectivity index (χ3n) is 7.36. The lowest BCUT2D eigenvalue weighted by Crippen LogP contribution is -2.51. The van der Waals surface area contributed by atoms with E-state index >= 15 is 0 Å². The molecular weight excluding hydrogens is 510 g/mol. The number of benzene rings is 3. The van der Waals surface area contributed by atoms with E-state index in [1.54, 1.807) is 30.3 Å². The highest BCUT2D eigenvalue weighted by Gasteiger charge is 2.74. The Hall–Kier alpha value is -3.42. The fourth-order valence-electron chi connectivity index (χ4n) is 5.74. The second-order valence-corrected chi connectivity index (χ2v) is 10.2. The molecule has 174 valence electrons. The lowest BCUT2D eigenvalue weighted by molar-refractivity contribution is -0.127. The molecule has 2 amide bonds. The third-order valence-corrected chi connectivity index (χ3v) is 7.99. The number of hydrogen-bond acceptors (Lipinski definition) is 5. The van der Waals surface area contributed by atoms with Gasteiger partial charge >= 0.3 is 0 Å². The van der Waals surface area contributed by atoms with E-state index in [-0.39, 0.29) is 11.1 Å². The number of aryl methyl sites for hydroxylation is 2. The fourth-order valence-corrected chi connectivity index (χ4v) is 6.41. The van der Waals surface area contributed by atoms with Gasteiger partial charge in [0.1, 0.15) is 0 Å². The van der Waals surface area contributed by atoms with Crippen molar-refractivity contribution >= 4 is 45.0 Å². The quantitative estimate of drug-likeness (QED) is 0.353. The van der Waals surface area contributed by atoms with E-state index in [2.05, 4.69) is 15.9 Å². The number of carbonyl (C=O) groups excluding carboxylic acids is 4. The number of ketones is 2. The Morgan fingerprint density at radius 3 is 2.09 bits per heavy atom. The van der Waals surface area contributed by atoms with Crippen molar-refractivity contribution in [1.82, 2.24) is 0 Å². The number of nitrogens with zero attached hydrogens (tertiary/aromatic N) is 1. The minimum atomic E-state index is -2.07. The lowest BCUT2D eigenvalue weighted by Gasteiger charge is -2.28. The number of imide groups is 1. The molecule has 3 aliphatic rings. The minimum absolute atomic E-state index is 0.219. The molecule has 35 heavy (non-hydrogen) atoms. The van der Waals surface area contributed by atoms with Gasteiger partial charge in [0.2, 0.25) is 29.0 Å². The van der Waals surface area contributed by atoms with Crippen LogP contribution in [0.15, 0.2) is 71.2 Å². The number of hydrogen-bond donors (Lipinski definition) is 0. The summed E-state index contributed by atoms with van der Waals surface area (Å²) in [6.07, 6.45) is -0.922. The van der Waals surface area contributed by atoms with Gasteiger partial charge in [-0.3, -0.25) is 19.2 Å². The summed E-state index contributed by atoms with van der Waals surface area (Å²) >= 11 is 3.47. The first-order valence-electron chi connectivity index (χ1n) is 11.3. The molecule has 0 unspecified atom stereocenters. The maximum absolute atomic E-state index is 14.0. The first kappa shape index (κ1) is 22.1. The van der Waals surface area contributed by atoms with Crippen molar-refractivity contribution in [2.45, 2.75) is 25.6 Å². The lowest BCUT2D eigenvalue weighted by atomic mass is 9.77. The molecule has 3 atom stereocenters. The second-order valence-electron chi connectivity index (χ2n) is 9.30. The fraction of sp³-hybridized carbons (Fsp3) is 0.214. The van der Waals surface area contributed by atoms with Gasteiger partial charge in [0, 0.05) is 15.6 Å². The standard InChI is InChI=1S/C28H20BrNO5/c1-14-11-12-20(19(29)13-14)30-26(33)21-22(27(30)34)28(35-23(21)16-8-4-3-7-15(16)2)24(31)17-9-5-6-10-18(17)25(28)32/h3-13,21-23H,1-2H3/t21-,22-,23+/m0/s1. The first-order valence-corrected chi connectivity index (χ1v) is 12.1. The summed E-state index contributed by atoms with van der Waals surface area (Å²) < 4.78 is 6.92. The zero-order valence-electron chi connectivity index (χ0n) is 18.9. The van der Waals surface area contributed by atoms with E-state index in [0.29, 0.717) is 15.7 Å². The predicted octanol–water partition coefficient (Wildman–Crippen LogP) is 4.76. The molecule has 2 fully saturated rings. The molecule has 7 heteroatoms. The molecule has 0 N–H and O–H groups in total. The van der Waals surface area contributed by atoms with E-state index in [0.717, 1.165) is 16.0 Å². The molecule has 1 spiro atoms. The Bertz CT molecular complexity index is 1440. The van der Waals surface area contributed by atoms with Gasteiger partial charge in [-0.05, 0) is 58.6 Å². The average Bonchev–Trinajstić information content (AvgIpc) is 3.40. The predicted molar refractivity (Wildman–Crippen MR) is 131 cm³/mol. The summed E-state index contributed by atoms with van der Waals surface area (Å²) in [6.45, 7) is 3.78. The molecule has 0 bridgehead atoms. The van der Waals surface area contributed by atoms with E-state index in [9.17, 15) is 19.2 Å². The summed E-state index contributed by atoms with van der Waals surface area (Å²) in [4.78, 5) is 56.7. The van der Waals surface area contributed by atoms with Crippen LogP contribution in [0.1, 0.15) is 43.5 Å². The maximum Gasteiger partial charge on any atom is 0.241 e. The van der Waals surface area contributed by atoms with Crippen molar-refractivity contribution in [3.05, 3.63) is 99.0 Å². The van der Waals surface area contributed by atoms with Gasteiger partial charge in [-0.2, -0.15) is 0 Å². The zero-order valence-corrected chi connectivity index (χ0v) is 20.5. The summed E-state index contributed by atoms with van der Waals surface area (Å²) in [7, 11) is 0. The Kier molecular flexibility index (Phi) is 4.75. The molecule has 0 saturated carbocycles. The number of carbonyl (C=O) groups is 4. The van der Waals surface area contributed by atoms with Gasteiger partial charge < -0.3 is 4.74 Å². The van der Waals surface area contributed by atoms with Gasteiger partial charge in [-0.1, -0.05) is 54.6 Å². The van der Waals surface area contributed by atoms with Gasteiger partial charge in [-0.25, -0.2) is 4.90 Å². The SMILES string of the molecule is Cc1ccc(N2C(=O)[C@@H]3[C@@H](c4ccccc4C)OC4(C(=O)c5ccccc5C4=O)[C@@H]3C2=O)c(Br)c1. The number of amides is 2. The van der Waals surface area contributed by atoms with Crippen molar-refractivity contribution in [3.8, 4) is 0 Å².